The molecule has 0 saturated heterocycles. The summed E-state index contributed by atoms with van der Waals surface area (Å²) in [5.74, 6) is -0.0548. The highest BCUT2D eigenvalue weighted by Crippen LogP contribution is 2.30. The van der Waals surface area contributed by atoms with Crippen molar-refractivity contribution in [2.24, 2.45) is 0 Å². The summed E-state index contributed by atoms with van der Waals surface area (Å²) >= 11 is 1.58. The SMILES string of the molecule is COc1cc(Sc2ccccc2)ccc1F. The maximum Gasteiger partial charge on any atom is 0.165 e. The maximum atomic E-state index is 13.2. The van der Waals surface area contributed by atoms with Crippen LogP contribution in [0, 0.1) is 5.82 Å². The number of halogens is 1. The minimum absolute atomic E-state index is 0.279. The van der Waals surface area contributed by atoms with Crippen LogP contribution in [0.3, 0.4) is 0 Å². The molecule has 0 aromatic heterocycles. The molecule has 0 fully saturated rings. The fourth-order valence-electron chi connectivity index (χ4n) is 1.33. The average Bonchev–Trinajstić information content (AvgIpc) is 2.33. The lowest BCUT2D eigenvalue weighted by Crippen LogP contribution is -1.87. The van der Waals surface area contributed by atoms with Crippen LogP contribution >= 0.6 is 11.8 Å². The number of methoxy groups -OCH3 is 1. The lowest BCUT2D eigenvalue weighted by atomic mass is 10.3. The van der Waals surface area contributed by atoms with Gasteiger partial charge in [0, 0.05) is 9.79 Å². The summed E-state index contributed by atoms with van der Waals surface area (Å²) in [5.41, 5.74) is 0. The molecule has 2 aromatic carbocycles. The Morgan fingerprint density at radius 3 is 2.44 bits per heavy atom. The minimum atomic E-state index is -0.333. The van der Waals surface area contributed by atoms with Gasteiger partial charge in [0.2, 0.25) is 0 Å². The Morgan fingerprint density at radius 1 is 1.00 bits per heavy atom. The molecule has 0 aliphatic carbocycles. The van der Waals surface area contributed by atoms with E-state index in [-0.39, 0.29) is 11.6 Å². The molecule has 82 valence electrons. The first-order valence-electron chi connectivity index (χ1n) is 4.86. The second kappa shape index (κ2) is 5.03. The van der Waals surface area contributed by atoms with E-state index in [4.69, 9.17) is 4.74 Å². The third-order valence-corrected chi connectivity index (χ3v) is 3.10. The van der Waals surface area contributed by atoms with E-state index in [0.717, 1.165) is 9.79 Å². The van der Waals surface area contributed by atoms with E-state index in [9.17, 15) is 4.39 Å². The number of benzene rings is 2. The standard InChI is InChI=1S/C13H11FOS/c1-15-13-9-11(7-8-12(13)14)16-10-5-3-2-4-6-10/h2-9H,1H3. The van der Waals surface area contributed by atoms with Crippen LogP contribution in [0.5, 0.6) is 5.75 Å². The molecule has 0 aliphatic heterocycles. The molecular weight excluding hydrogens is 223 g/mol. The molecule has 0 atom stereocenters. The van der Waals surface area contributed by atoms with Crippen LogP contribution in [0.2, 0.25) is 0 Å². The van der Waals surface area contributed by atoms with Crippen molar-refractivity contribution in [2.45, 2.75) is 9.79 Å². The van der Waals surface area contributed by atoms with Crippen molar-refractivity contribution >= 4 is 11.8 Å². The minimum Gasteiger partial charge on any atom is -0.494 e. The molecule has 0 unspecified atom stereocenters. The van der Waals surface area contributed by atoms with E-state index in [1.165, 1.54) is 13.2 Å². The molecular formula is C13H11FOS. The molecule has 16 heavy (non-hydrogen) atoms. The fourth-order valence-corrected chi connectivity index (χ4v) is 2.20. The number of rotatable bonds is 3. The van der Waals surface area contributed by atoms with E-state index < -0.39 is 0 Å². The molecule has 1 nitrogen and oxygen atoms in total. The van der Waals surface area contributed by atoms with Crippen LogP contribution in [0.15, 0.2) is 58.3 Å². The molecule has 0 spiro atoms. The van der Waals surface area contributed by atoms with E-state index in [1.54, 1.807) is 23.9 Å². The third-order valence-electron chi connectivity index (χ3n) is 2.10. The second-order valence-corrected chi connectivity index (χ2v) is 4.36. The summed E-state index contributed by atoms with van der Waals surface area (Å²) in [5, 5.41) is 0. The number of hydrogen-bond donors (Lipinski definition) is 0. The highest BCUT2D eigenvalue weighted by atomic mass is 32.2. The van der Waals surface area contributed by atoms with E-state index >= 15 is 0 Å². The predicted octanol–water partition coefficient (Wildman–Crippen LogP) is 3.99. The van der Waals surface area contributed by atoms with Crippen LogP contribution < -0.4 is 4.74 Å². The van der Waals surface area contributed by atoms with Crippen molar-refractivity contribution < 1.29 is 9.13 Å². The quantitative estimate of drug-likeness (QED) is 0.794. The zero-order valence-electron chi connectivity index (χ0n) is 8.81. The highest BCUT2D eigenvalue weighted by molar-refractivity contribution is 7.99. The molecule has 2 rings (SSSR count). The summed E-state index contributed by atoms with van der Waals surface area (Å²) in [6.45, 7) is 0. The average molecular weight is 234 g/mol. The van der Waals surface area contributed by atoms with Gasteiger partial charge in [0.1, 0.15) is 0 Å². The van der Waals surface area contributed by atoms with Crippen molar-refractivity contribution in [3.63, 3.8) is 0 Å². The second-order valence-electron chi connectivity index (χ2n) is 3.21. The Hall–Kier alpha value is -1.48. The Balaban J connectivity index is 2.22. The van der Waals surface area contributed by atoms with Gasteiger partial charge in [-0.1, -0.05) is 30.0 Å². The molecule has 0 N–H and O–H groups in total. The Morgan fingerprint density at radius 2 is 1.75 bits per heavy atom. The number of ether oxygens (including phenoxy) is 1. The van der Waals surface area contributed by atoms with Gasteiger partial charge >= 0.3 is 0 Å². The van der Waals surface area contributed by atoms with E-state index in [0.29, 0.717) is 0 Å². The Labute approximate surface area is 98.3 Å². The van der Waals surface area contributed by atoms with Gasteiger partial charge in [0.15, 0.2) is 11.6 Å². The van der Waals surface area contributed by atoms with Crippen molar-refractivity contribution in [3.05, 3.63) is 54.3 Å². The molecule has 0 radical (unpaired) electrons. The monoisotopic (exact) mass is 234 g/mol. The number of hydrogen-bond acceptors (Lipinski definition) is 2. The first kappa shape index (κ1) is 11.0. The lowest BCUT2D eigenvalue weighted by molar-refractivity contribution is 0.385. The van der Waals surface area contributed by atoms with Crippen molar-refractivity contribution in [1.29, 1.82) is 0 Å². The van der Waals surface area contributed by atoms with Gasteiger partial charge in [0.05, 0.1) is 7.11 Å². The topological polar surface area (TPSA) is 9.23 Å². The van der Waals surface area contributed by atoms with Crippen LogP contribution in [-0.2, 0) is 0 Å². The lowest BCUT2D eigenvalue weighted by Gasteiger charge is -2.05. The van der Waals surface area contributed by atoms with Crippen LogP contribution in [-0.4, -0.2) is 7.11 Å². The molecule has 0 amide bonds. The predicted molar refractivity (Wildman–Crippen MR) is 63.5 cm³/mol. The van der Waals surface area contributed by atoms with E-state index in [1.807, 2.05) is 30.3 Å². The molecule has 3 heteroatoms. The van der Waals surface area contributed by atoms with Crippen LogP contribution in [0.4, 0.5) is 4.39 Å². The Kier molecular flexibility index (Phi) is 3.47. The van der Waals surface area contributed by atoms with Gasteiger partial charge in [-0.05, 0) is 30.3 Å². The van der Waals surface area contributed by atoms with Crippen LogP contribution in [0.1, 0.15) is 0 Å². The van der Waals surface area contributed by atoms with Crippen LogP contribution in [0.25, 0.3) is 0 Å². The third kappa shape index (κ3) is 2.55. The van der Waals surface area contributed by atoms with E-state index in [2.05, 4.69) is 0 Å². The highest BCUT2D eigenvalue weighted by Gasteiger charge is 2.04. The summed E-state index contributed by atoms with van der Waals surface area (Å²) in [7, 11) is 1.47. The van der Waals surface area contributed by atoms with Crippen molar-refractivity contribution in [2.75, 3.05) is 7.11 Å². The van der Waals surface area contributed by atoms with Crippen molar-refractivity contribution in [1.82, 2.24) is 0 Å². The zero-order valence-corrected chi connectivity index (χ0v) is 9.63. The first-order valence-corrected chi connectivity index (χ1v) is 5.67. The van der Waals surface area contributed by atoms with Crippen molar-refractivity contribution in [3.8, 4) is 5.75 Å². The Bertz CT molecular complexity index is 471. The molecule has 0 heterocycles. The molecule has 0 aliphatic rings. The molecule has 0 bridgehead atoms. The maximum absolute atomic E-state index is 13.2. The summed E-state index contributed by atoms with van der Waals surface area (Å²) < 4.78 is 18.1. The summed E-state index contributed by atoms with van der Waals surface area (Å²) in [4.78, 5) is 2.08. The van der Waals surface area contributed by atoms with Gasteiger partial charge < -0.3 is 4.74 Å². The zero-order chi connectivity index (χ0) is 11.4. The summed E-state index contributed by atoms with van der Waals surface area (Å²) in [6, 6.07) is 14.8. The van der Waals surface area contributed by atoms with Gasteiger partial charge in [-0.3, -0.25) is 0 Å². The van der Waals surface area contributed by atoms with Gasteiger partial charge in [-0.15, -0.1) is 0 Å². The normalized spacial score (nSPS) is 10.1. The van der Waals surface area contributed by atoms with Gasteiger partial charge in [-0.25, -0.2) is 4.39 Å². The molecule has 2 aromatic rings. The smallest absolute Gasteiger partial charge is 0.165 e. The van der Waals surface area contributed by atoms with Gasteiger partial charge in [0.25, 0.3) is 0 Å². The van der Waals surface area contributed by atoms with Gasteiger partial charge in [-0.2, -0.15) is 0 Å². The largest absolute Gasteiger partial charge is 0.494 e. The fraction of sp³-hybridized carbons (Fsp3) is 0.0769. The first-order chi connectivity index (χ1) is 7.79. The summed E-state index contributed by atoms with van der Waals surface area (Å²) in [6.07, 6.45) is 0. The molecule has 0 saturated carbocycles.